The molecule has 1 saturated carbocycles. The third-order valence-electron chi connectivity index (χ3n) is 7.07. The summed E-state index contributed by atoms with van der Waals surface area (Å²) < 4.78 is 13.7. The number of nitrogens with one attached hydrogen (secondary N) is 1. The topological polar surface area (TPSA) is 90.6 Å². The van der Waals surface area contributed by atoms with E-state index >= 15 is 0 Å². The van der Waals surface area contributed by atoms with Gasteiger partial charge in [0.1, 0.15) is 6.61 Å². The molecule has 4 aromatic rings. The summed E-state index contributed by atoms with van der Waals surface area (Å²) in [6.45, 7) is 2.49. The summed E-state index contributed by atoms with van der Waals surface area (Å²) in [6.07, 6.45) is 7.44. The molecular formula is C32H35N5O3S. The van der Waals surface area contributed by atoms with Crippen LogP contribution in [-0.2, 0) is 11.4 Å². The molecule has 1 fully saturated rings. The van der Waals surface area contributed by atoms with Crippen LogP contribution in [0, 0.1) is 6.92 Å². The highest BCUT2D eigenvalue weighted by Crippen LogP contribution is 2.35. The van der Waals surface area contributed by atoms with Gasteiger partial charge in [0.05, 0.1) is 19.1 Å². The first-order valence-electron chi connectivity index (χ1n) is 13.9. The summed E-state index contributed by atoms with van der Waals surface area (Å²) in [5, 5.41) is 14.0. The van der Waals surface area contributed by atoms with Crippen molar-refractivity contribution in [2.45, 2.75) is 56.8 Å². The smallest absolute Gasteiger partial charge is 0.250 e. The summed E-state index contributed by atoms with van der Waals surface area (Å²) >= 11 is 1.39. The molecule has 1 N–H and O–H groups in total. The SMILES string of the molecule is COc1ccc(/C=N\NC(=O)CSc2nnc(-c3ccc(C)cc3)n2C2CCCCC2)cc1OCc1ccccc1. The molecule has 0 atom stereocenters. The lowest BCUT2D eigenvalue weighted by Crippen LogP contribution is -2.20. The molecule has 0 radical (unpaired) electrons. The summed E-state index contributed by atoms with van der Waals surface area (Å²) in [5.41, 5.74) is 6.72. The van der Waals surface area contributed by atoms with E-state index in [-0.39, 0.29) is 11.7 Å². The third-order valence-corrected chi connectivity index (χ3v) is 8.02. The minimum Gasteiger partial charge on any atom is -0.493 e. The Balaban J connectivity index is 1.21. The highest BCUT2D eigenvalue weighted by Gasteiger charge is 2.24. The number of carbonyl (C=O) groups excluding carboxylic acids is 1. The first-order chi connectivity index (χ1) is 20.1. The van der Waals surface area contributed by atoms with Crippen LogP contribution in [0.15, 0.2) is 83.1 Å². The van der Waals surface area contributed by atoms with Gasteiger partial charge in [-0.25, -0.2) is 5.43 Å². The van der Waals surface area contributed by atoms with Gasteiger partial charge < -0.3 is 9.47 Å². The third kappa shape index (κ3) is 7.55. The molecule has 0 saturated heterocycles. The number of thioether (sulfide) groups is 1. The second kappa shape index (κ2) is 14.0. The lowest BCUT2D eigenvalue weighted by atomic mass is 9.95. The van der Waals surface area contributed by atoms with E-state index in [1.165, 1.54) is 36.6 Å². The van der Waals surface area contributed by atoms with Gasteiger partial charge in [-0.3, -0.25) is 9.36 Å². The number of methoxy groups -OCH3 is 1. The van der Waals surface area contributed by atoms with Crippen molar-refractivity contribution in [3.63, 3.8) is 0 Å². The van der Waals surface area contributed by atoms with Crippen molar-refractivity contribution in [3.8, 4) is 22.9 Å². The molecule has 212 valence electrons. The van der Waals surface area contributed by atoms with E-state index in [1.54, 1.807) is 13.3 Å². The summed E-state index contributed by atoms with van der Waals surface area (Å²) in [5.74, 6) is 2.07. The molecule has 8 nitrogen and oxygen atoms in total. The van der Waals surface area contributed by atoms with Gasteiger partial charge in [-0.1, -0.05) is 91.2 Å². The van der Waals surface area contributed by atoms with Crippen LogP contribution in [0.5, 0.6) is 11.5 Å². The first-order valence-corrected chi connectivity index (χ1v) is 14.9. The Kier molecular flexibility index (Phi) is 9.69. The van der Waals surface area contributed by atoms with Gasteiger partial charge in [-0.05, 0) is 49.1 Å². The summed E-state index contributed by atoms with van der Waals surface area (Å²) in [4.78, 5) is 12.7. The Morgan fingerprint density at radius 2 is 1.80 bits per heavy atom. The van der Waals surface area contributed by atoms with E-state index in [0.29, 0.717) is 24.1 Å². The monoisotopic (exact) mass is 569 g/mol. The summed E-state index contributed by atoms with van der Waals surface area (Å²) in [6, 6.07) is 24.2. The molecular weight excluding hydrogens is 534 g/mol. The second-order valence-electron chi connectivity index (χ2n) is 10.1. The number of hydrazone groups is 1. The van der Waals surface area contributed by atoms with Crippen LogP contribution in [-0.4, -0.2) is 39.7 Å². The fourth-order valence-corrected chi connectivity index (χ4v) is 5.70. The zero-order valence-corrected chi connectivity index (χ0v) is 24.3. The highest BCUT2D eigenvalue weighted by molar-refractivity contribution is 7.99. The predicted octanol–water partition coefficient (Wildman–Crippen LogP) is 6.59. The van der Waals surface area contributed by atoms with E-state index in [4.69, 9.17) is 9.47 Å². The van der Waals surface area contributed by atoms with Crippen molar-refractivity contribution in [2.24, 2.45) is 5.10 Å². The van der Waals surface area contributed by atoms with Crippen molar-refractivity contribution in [2.75, 3.05) is 12.9 Å². The highest BCUT2D eigenvalue weighted by atomic mass is 32.2. The first kappa shape index (κ1) is 28.4. The maximum absolute atomic E-state index is 12.7. The van der Waals surface area contributed by atoms with Gasteiger partial charge in [0.15, 0.2) is 22.5 Å². The minimum atomic E-state index is -0.213. The molecule has 0 unspecified atom stereocenters. The number of rotatable bonds is 11. The number of carbonyl (C=O) groups is 1. The number of amides is 1. The van der Waals surface area contributed by atoms with Gasteiger partial charge in [-0.2, -0.15) is 5.10 Å². The molecule has 5 rings (SSSR count). The summed E-state index contributed by atoms with van der Waals surface area (Å²) in [7, 11) is 1.61. The van der Waals surface area contributed by atoms with E-state index in [2.05, 4.69) is 56.5 Å². The fraction of sp³-hybridized carbons (Fsp3) is 0.312. The standard InChI is InChI=1S/C32H35N5O3S/c1-23-13-16-26(17-14-23)31-35-36-32(37(31)27-11-7-4-8-12-27)41-22-30(38)34-33-20-25-15-18-28(39-2)29(19-25)40-21-24-9-5-3-6-10-24/h3,5-6,9-10,13-20,27H,4,7-8,11-12,21-22H2,1-2H3,(H,34,38)/b33-20-. The number of benzene rings is 3. The number of nitrogens with zero attached hydrogens (tertiary/aromatic N) is 4. The number of aryl methyl sites for hydroxylation is 1. The molecule has 0 aliphatic heterocycles. The average molecular weight is 570 g/mol. The molecule has 9 heteroatoms. The molecule has 0 bridgehead atoms. The molecule has 3 aromatic carbocycles. The Bertz CT molecular complexity index is 1460. The second-order valence-corrected chi connectivity index (χ2v) is 11.0. The number of ether oxygens (including phenoxy) is 2. The maximum Gasteiger partial charge on any atom is 0.250 e. The lowest BCUT2D eigenvalue weighted by molar-refractivity contribution is -0.118. The van der Waals surface area contributed by atoms with Crippen molar-refractivity contribution in [1.29, 1.82) is 0 Å². The largest absolute Gasteiger partial charge is 0.493 e. The van der Waals surface area contributed by atoms with Gasteiger partial charge in [0, 0.05) is 11.6 Å². The van der Waals surface area contributed by atoms with Crippen molar-refractivity contribution >= 4 is 23.9 Å². The van der Waals surface area contributed by atoms with E-state index in [1.807, 2.05) is 48.5 Å². The molecule has 1 aliphatic rings. The zero-order chi connectivity index (χ0) is 28.4. The lowest BCUT2D eigenvalue weighted by Gasteiger charge is -2.25. The Hall–Kier alpha value is -4.11. The predicted molar refractivity (Wildman–Crippen MR) is 163 cm³/mol. The Morgan fingerprint density at radius 3 is 2.56 bits per heavy atom. The van der Waals surface area contributed by atoms with Gasteiger partial charge >= 0.3 is 0 Å². The number of hydrogen-bond acceptors (Lipinski definition) is 7. The van der Waals surface area contributed by atoms with Crippen LogP contribution in [0.4, 0.5) is 0 Å². The minimum absolute atomic E-state index is 0.185. The van der Waals surface area contributed by atoms with Crippen LogP contribution < -0.4 is 14.9 Å². The molecule has 1 heterocycles. The van der Waals surface area contributed by atoms with Crippen LogP contribution in [0.25, 0.3) is 11.4 Å². The van der Waals surface area contributed by atoms with Crippen molar-refractivity contribution in [1.82, 2.24) is 20.2 Å². The number of aromatic nitrogens is 3. The van der Waals surface area contributed by atoms with Crippen LogP contribution in [0.3, 0.4) is 0 Å². The van der Waals surface area contributed by atoms with Crippen LogP contribution in [0.1, 0.15) is 54.8 Å². The molecule has 41 heavy (non-hydrogen) atoms. The zero-order valence-electron chi connectivity index (χ0n) is 23.5. The van der Waals surface area contributed by atoms with Crippen molar-refractivity contribution < 1.29 is 14.3 Å². The fourth-order valence-electron chi connectivity index (χ4n) is 4.91. The van der Waals surface area contributed by atoms with Gasteiger partial charge in [0.2, 0.25) is 0 Å². The Morgan fingerprint density at radius 1 is 1.02 bits per heavy atom. The normalized spacial score (nSPS) is 13.8. The maximum atomic E-state index is 12.7. The van der Waals surface area contributed by atoms with E-state index in [0.717, 1.165) is 40.5 Å². The molecule has 1 amide bonds. The Labute approximate surface area is 245 Å². The molecule has 1 aliphatic carbocycles. The molecule has 0 spiro atoms. The van der Waals surface area contributed by atoms with Gasteiger partial charge in [0.25, 0.3) is 5.91 Å². The van der Waals surface area contributed by atoms with Crippen molar-refractivity contribution in [3.05, 3.63) is 89.5 Å². The van der Waals surface area contributed by atoms with E-state index < -0.39 is 0 Å². The number of hydrogen-bond donors (Lipinski definition) is 1. The average Bonchev–Trinajstić information content (AvgIpc) is 3.44. The van der Waals surface area contributed by atoms with E-state index in [9.17, 15) is 4.79 Å². The van der Waals surface area contributed by atoms with Gasteiger partial charge in [-0.15, -0.1) is 10.2 Å². The molecule has 1 aromatic heterocycles. The van der Waals surface area contributed by atoms with Crippen LogP contribution >= 0.6 is 11.8 Å². The quantitative estimate of drug-likeness (QED) is 0.125. The van der Waals surface area contributed by atoms with Crippen LogP contribution in [0.2, 0.25) is 0 Å².